The Morgan fingerprint density at radius 1 is 1.24 bits per heavy atom. The van der Waals surface area contributed by atoms with Crippen molar-refractivity contribution in [2.24, 2.45) is 11.8 Å². The maximum Gasteiger partial charge on any atom is 0.228 e. The summed E-state index contributed by atoms with van der Waals surface area (Å²) in [4.78, 5) is 24.5. The highest BCUT2D eigenvalue weighted by Crippen LogP contribution is 2.40. The van der Waals surface area contributed by atoms with Crippen LogP contribution in [-0.4, -0.2) is 44.9 Å². The summed E-state index contributed by atoms with van der Waals surface area (Å²) in [6.07, 6.45) is 0.872. The Hall–Kier alpha value is -1.80. The van der Waals surface area contributed by atoms with Crippen molar-refractivity contribution >= 4 is 38.9 Å². The van der Waals surface area contributed by atoms with Gasteiger partial charge in [-0.1, -0.05) is 11.6 Å². The van der Waals surface area contributed by atoms with Gasteiger partial charge in [0.05, 0.1) is 36.1 Å². The summed E-state index contributed by atoms with van der Waals surface area (Å²) in [5.41, 5.74) is 0.452. The van der Waals surface area contributed by atoms with Gasteiger partial charge in [-0.05, 0) is 31.0 Å². The Morgan fingerprint density at radius 2 is 1.96 bits per heavy atom. The van der Waals surface area contributed by atoms with Gasteiger partial charge in [-0.2, -0.15) is 0 Å². The van der Waals surface area contributed by atoms with Crippen molar-refractivity contribution in [3.8, 4) is 5.75 Å². The highest BCUT2D eigenvalue weighted by Gasteiger charge is 2.49. The number of hydrogen-bond donors (Lipinski definition) is 2. The molecule has 25 heavy (non-hydrogen) atoms. The van der Waals surface area contributed by atoms with Crippen LogP contribution in [0.25, 0.3) is 0 Å². The van der Waals surface area contributed by atoms with Crippen molar-refractivity contribution in [3.63, 3.8) is 0 Å². The summed E-state index contributed by atoms with van der Waals surface area (Å²) < 4.78 is 28.0. The summed E-state index contributed by atoms with van der Waals surface area (Å²) in [5, 5.41) is 5.93. The van der Waals surface area contributed by atoms with Crippen molar-refractivity contribution in [2.45, 2.75) is 18.9 Å². The zero-order chi connectivity index (χ0) is 18.2. The first-order valence-electron chi connectivity index (χ1n) is 7.94. The average molecular weight is 387 g/mol. The van der Waals surface area contributed by atoms with Crippen LogP contribution < -0.4 is 15.4 Å². The minimum absolute atomic E-state index is 0.0258. The van der Waals surface area contributed by atoms with Crippen molar-refractivity contribution in [1.82, 2.24) is 5.32 Å². The molecule has 1 saturated heterocycles. The van der Waals surface area contributed by atoms with Crippen LogP contribution in [0.15, 0.2) is 18.2 Å². The van der Waals surface area contributed by atoms with E-state index in [0.29, 0.717) is 29.3 Å². The fourth-order valence-corrected chi connectivity index (χ4v) is 4.84. The third-order valence-corrected chi connectivity index (χ3v) is 6.47. The average Bonchev–Trinajstić information content (AvgIpc) is 3.27. The van der Waals surface area contributed by atoms with E-state index in [9.17, 15) is 18.0 Å². The van der Waals surface area contributed by atoms with Crippen LogP contribution in [-0.2, 0) is 19.4 Å². The Labute approximate surface area is 151 Å². The largest absolute Gasteiger partial charge is 0.495 e. The highest BCUT2D eigenvalue weighted by atomic mass is 35.5. The number of carbonyl (C=O) groups excluding carboxylic acids is 2. The lowest BCUT2D eigenvalue weighted by molar-refractivity contribution is -0.125. The molecule has 3 rings (SSSR count). The molecule has 0 aromatic heterocycles. The van der Waals surface area contributed by atoms with Gasteiger partial charge in [0, 0.05) is 11.1 Å². The predicted molar refractivity (Wildman–Crippen MR) is 93.4 cm³/mol. The quantitative estimate of drug-likeness (QED) is 0.792. The molecular weight excluding hydrogens is 368 g/mol. The second kappa shape index (κ2) is 6.84. The van der Waals surface area contributed by atoms with Crippen LogP contribution in [0.3, 0.4) is 0 Å². The number of sulfone groups is 1. The molecule has 3 unspecified atom stereocenters. The Kier molecular flexibility index (Phi) is 4.92. The molecular formula is C16H19ClN2O5S. The van der Waals surface area contributed by atoms with Crippen LogP contribution in [0.1, 0.15) is 12.8 Å². The van der Waals surface area contributed by atoms with Gasteiger partial charge in [-0.15, -0.1) is 0 Å². The summed E-state index contributed by atoms with van der Waals surface area (Å²) in [5.74, 6) is -0.839. The van der Waals surface area contributed by atoms with Crippen molar-refractivity contribution in [2.75, 3.05) is 23.9 Å². The van der Waals surface area contributed by atoms with Gasteiger partial charge in [0.15, 0.2) is 9.84 Å². The van der Waals surface area contributed by atoms with E-state index in [4.69, 9.17) is 16.3 Å². The smallest absolute Gasteiger partial charge is 0.228 e. The van der Waals surface area contributed by atoms with Crippen molar-refractivity contribution in [3.05, 3.63) is 23.2 Å². The van der Waals surface area contributed by atoms with E-state index in [1.807, 2.05) is 0 Å². The molecule has 0 bridgehead atoms. The zero-order valence-corrected chi connectivity index (χ0v) is 15.2. The van der Waals surface area contributed by atoms with Crippen LogP contribution in [0.4, 0.5) is 5.69 Å². The maximum atomic E-state index is 12.3. The number of benzene rings is 1. The molecule has 2 amide bonds. The molecule has 9 heteroatoms. The number of methoxy groups -OCH3 is 1. The minimum Gasteiger partial charge on any atom is -0.495 e. The molecule has 1 aliphatic heterocycles. The van der Waals surface area contributed by atoms with Gasteiger partial charge in [0.1, 0.15) is 5.75 Å². The zero-order valence-electron chi connectivity index (χ0n) is 13.6. The minimum atomic E-state index is -3.05. The normalized spacial score (nSPS) is 26.7. The third kappa shape index (κ3) is 4.24. The first kappa shape index (κ1) is 18.0. The monoisotopic (exact) mass is 386 g/mol. The topological polar surface area (TPSA) is 102 Å². The first-order valence-corrected chi connectivity index (χ1v) is 10.1. The summed E-state index contributed by atoms with van der Waals surface area (Å²) in [7, 11) is -1.56. The molecule has 0 radical (unpaired) electrons. The van der Waals surface area contributed by atoms with Crippen molar-refractivity contribution in [1.29, 1.82) is 0 Å². The lowest BCUT2D eigenvalue weighted by atomic mass is 10.2. The molecule has 2 fully saturated rings. The molecule has 3 atom stereocenters. The molecule has 2 N–H and O–H groups in total. The van der Waals surface area contributed by atoms with E-state index in [1.165, 1.54) is 7.11 Å². The van der Waals surface area contributed by atoms with Gasteiger partial charge >= 0.3 is 0 Å². The Bertz CT molecular complexity index is 811. The molecule has 1 heterocycles. The van der Waals surface area contributed by atoms with Gasteiger partial charge in [0.25, 0.3) is 0 Å². The molecule has 0 spiro atoms. The van der Waals surface area contributed by atoms with Gasteiger partial charge in [0.2, 0.25) is 11.8 Å². The fourth-order valence-electron chi connectivity index (χ4n) is 2.99. The first-order chi connectivity index (χ1) is 11.8. The number of rotatable bonds is 5. The van der Waals surface area contributed by atoms with E-state index in [2.05, 4.69) is 10.6 Å². The molecule has 1 aromatic rings. The van der Waals surface area contributed by atoms with Crippen LogP contribution in [0.5, 0.6) is 5.75 Å². The van der Waals surface area contributed by atoms with Crippen LogP contribution in [0.2, 0.25) is 5.02 Å². The summed E-state index contributed by atoms with van der Waals surface area (Å²) >= 11 is 5.93. The molecule has 1 aliphatic carbocycles. The van der Waals surface area contributed by atoms with Gasteiger partial charge < -0.3 is 15.4 Å². The number of halogens is 1. The molecule has 2 aliphatic rings. The van der Waals surface area contributed by atoms with E-state index in [0.717, 1.165) is 0 Å². The third-order valence-electron chi connectivity index (χ3n) is 4.46. The summed E-state index contributed by atoms with van der Waals surface area (Å²) in [6.45, 7) is 0. The lowest BCUT2D eigenvalue weighted by Gasteiger charge is -2.12. The molecule has 1 saturated carbocycles. The molecule has 7 nitrogen and oxygen atoms in total. The number of hydrogen-bond acceptors (Lipinski definition) is 5. The van der Waals surface area contributed by atoms with Gasteiger partial charge in [-0.25, -0.2) is 8.42 Å². The fraction of sp³-hybridized carbons (Fsp3) is 0.500. The Morgan fingerprint density at radius 3 is 2.60 bits per heavy atom. The van der Waals surface area contributed by atoms with Crippen molar-refractivity contribution < 1.29 is 22.7 Å². The van der Waals surface area contributed by atoms with Crippen LogP contribution >= 0.6 is 11.6 Å². The number of ether oxygens (including phenoxy) is 1. The van der Waals surface area contributed by atoms with E-state index in [-0.39, 0.29) is 29.4 Å². The number of anilines is 1. The highest BCUT2D eigenvalue weighted by molar-refractivity contribution is 7.91. The maximum absolute atomic E-state index is 12.3. The summed E-state index contributed by atoms with van der Waals surface area (Å²) in [6, 6.07) is 4.53. The van der Waals surface area contributed by atoms with E-state index in [1.54, 1.807) is 18.2 Å². The van der Waals surface area contributed by atoms with Crippen LogP contribution in [0, 0.1) is 11.8 Å². The second-order valence-corrected chi connectivity index (χ2v) is 9.06. The number of nitrogens with one attached hydrogen (secondary N) is 2. The number of carbonyl (C=O) groups is 2. The van der Waals surface area contributed by atoms with E-state index < -0.39 is 21.7 Å². The Balaban J connectivity index is 1.55. The SMILES string of the molecule is COc1ccc(Cl)cc1NC(=O)C1CC1C(=O)NC1CCS(=O)(=O)C1. The lowest BCUT2D eigenvalue weighted by Crippen LogP contribution is -2.37. The predicted octanol–water partition coefficient (Wildman–Crippen LogP) is 1.23. The second-order valence-electron chi connectivity index (χ2n) is 6.39. The standard InChI is InChI=1S/C16H19ClN2O5S/c1-24-14-3-2-9(17)6-13(14)19-16(21)12-7-11(12)15(20)18-10-4-5-25(22,23)8-10/h2-3,6,10-12H,4-5,7-8H2,1H3,(H,18,20)(H,19,21). The number of amides is 2. The molecule has 136 valence electrons. The molecule has 1 aromatic carbocycles. The van der Waals surface area contributed by atoms with Gasteiger partial charge in [-0.3, -0.25) is 9.59 Å². The van der Waals surface area contributed by atoms with E-state index >= 15 is 0 Å².